The fourth-order valence-electron chi connectivity index (χ4n) is 4.04. The van der Waals surface area contributed by atoms with Gasteiger partial charge < -0.3 is 20.5 Å². The lowest BCUT2D eigenvalue weighted by atomic mass is 9.82. The minimum atomic E-state index is -0.0358. The van der Waals surface area contributed by atoms with Crippen LogP contribution in [-0.4, -0.2) is 35.0 Å². The van der Waals surface area contributed by atoms with Gasteiger partial charge in [-0.1, -0.05) is 23.8 Å². The Balaban J connectivity index is 1.62. The second-order valence-electron chi connectivity index (χ2n) is 6.74. The third-order valence-corrected chi connectivity index (χ3v) is 5.63. The summed E-state index contributed by atoms with van der Waals surface area (Å²) < 4.78 is 5.28. The van der Waals surface area contributed by atoms with E-state index in [0.29, 0.717) is 12.3 Å². The van der Waals surface area contributed by atoms with Crippen molar-refractivity contribution >= 4 is 23.4 Å². The zero-order chi connectivity index (χ0) is 18.5. The summed E-state index contributed by atoms with van der Waals surface area (Å²) in [5.41, 5.74) is 6.21. The van der Waals surface area contributed by atoms with Gasteiger partial charge in [-0.3, -0.25) is 0 Å². The van der Waals surface area contributed by atoms with E-state index in [0.717, 1.165) is 28.1 Å². The van der Waals surface area contributed by atoms with E-state index in [1.807, 2.05) is 18.3 Å². The molecule has 1 aliphatic carbocycles. The monoisotopic (exact) mass is 380 g/mol. The molecule has 0 spiro atoms. The Morgan fingerprint density at radius 1 is 1.30 bits per heavy atom. The molecule has 0 radical (unpaired) electrons. The number of hydrogen-bond donors (Lipinski definition) is 3. The van der Waals surface area contributed by atoms with Gasteiger partial charge >= 0.3 is 0 Å². The number of allylic oxidation sites excluding steroid dienone is 1. The van der Waals surface area contributed by atoms with Crippen molar-refractivity contribution in [2.45, 2.75) is 12.0 Å². The highest BCUT2D eigenvalue weighted by Gasteiger charge is 2.39. The van der Waals surface area contributed by atoms with E-state index >= 15 is 0 Å². The summed E-state index contributed by atoms with van der Waals surface area (Å²) in [5.74, 6) is 0.447. The van der Waals surface area contributed by atoms with Crippen molar-refractivity contribution in [2.24, 2.45) is 0 Å². The Kier molecular flexibility index (Phi) is 3.62. The van der Waals surface area contributed by atoms with Gasteiger partial charge in [0, 0.05) is 29.8 Å². The summed E-state index contributed by atoms with van der Waals surface area (Å²) in [6.07, 6.45) is 7.91. The summed E-state index contributed by atoms with van der Waals surface area (Å²) in [6, 6.07) is 5.68. The quantitative estimate of drug-likeness (QED) is 0.743. The number of aromatic hydroxyl groups is 1. The van der Waals surface area contributed by atoms with Crippen LogP contribution >= 0.6 is 11.6 Å². The molecule has 0 fully saturated rings. The molecule has 0 bridgehead atoms. The van der Waals surface area contributed by atoms with Gasteiger partial charge in [-0.15, -0.1) is 5.10 Å². The number of methoxy groups -OCH3 is 1. The van der Waals surface area contributed by atoms with Gasteiger partial charge in [0.25, 0.3) is 0 Å². The van der Waals surface area contributed by atoms with E-state index in [1.54, 1.807) is 12.3 Å². The van der Waals surface area contributed by atoms with E-state index in [1.165, 1.54) is 12.7 Å². The summed E-state index contributed by atoms with van der Waals surface area (Å²) in [4.78, 5) is 0. The normalized spacial score (nSPS) is 22.2. The van der Waals surface area contributed by atoms with Gasteiger partial charge in [0.15, 0.2) is 11.5 Å². The summed E-state index contributed by atoms with van der Waals surface area (Å²) in [7, 11) is 1.52. The van der Waals surface area contributed by atoms with E-state index in [9.17, 15) is 5.11 Å². The lowest BCUT2D eigenvalue weighted by Gasteiger charge is -2.34. The van der Waals surface area contributed by atoms with Crippen molar-refractivity contribution in [3.05, 3.63) is 69.7 Å². The number of nitrogens with zero attached hydrogens (tertiary/aromatic N) is 2. The second-order valence-corrected chi connectivity index (χ2v) is 7.15. The number of ether oxygens (including phenoxy) is 1. The zero-order valence-corrected chi connectivity index (χ0v) is 15.3. The fraction of sp³-hybridized carbons (Fsp3) is 0.200. The predicted molar refractivity (Wildman–Crippen MR) is 103 cm³/mol. The molecule has 1 aromatic heterocycles. The summed E-state index contributed by atoms with van der Waals surface area (Å²) in [5, 5.41) is 25.8. The third kappa shape index (κ3) is 2.40. The fourth-order valence-corrected chi connectivity index (χ4v) is 4.25. The Morgan fingerprint density at radius 3 is 3.04 bits per heavy atom. The maximum Gasteiger partial charge on any atom is 0.176 e. The highest BCUT2D eigenvalue weighted by molar-refractivity contribution is 6.32. The van der Waals surface area contributed by atoms with Gasteiger partial charge in [0.2, 0.25) is 0 Å². The van der Waals surface area contributed by atoms with Crippen LogP contribution in [0, 0.1) is 0 Å². The molecule has 2 unspecified atom stereocenters. The smallest absolute Gasteiger partial charge is 0.176 e. The van der Waals surface area contributed by atoms with E-state index in [-0.39, 0.29) is 22.7 Å². The number of phenols is 1. The number of nitrogens with one attached hydrogen (secondary N) is 2. The molecule has 5 rings (SSSR count). The van der Waals surface area contributed by atoms with E-state index in [4.69, 9.17) is 16.3 Å². The van der Waals surface area contributed by atoms with Crippen molar-refractivity contribution < 1.29 is 9.84 Å². The molecule has 2 aromatic rings. The average molecular weight is 381 g/mol. The van der Waals surface area contributed by atoms with Gasteiger partial charge in [-0.25, -0.2) is 0 Å². The van der Waals surface area contributed by atoms with Crippen molar-refractivity contribution in [3.63, 3.8) is 0 Å². The largest absolute Gasteiger partial charge is 0.503 e. The van der Waals surface area contributed by atoms with E-state index < -0.39 is 0 Å². The highest BCUT2D eigenvalue weighted by atomic mass is 35.5. The highest BCUT2D eigenvalue weighted by Crippen LogP contribution is 2.44. The molecule has 1 aromatic carbocycles. The van der Waals surface area contributed by atoms with Gasteiger partial charge in [-0.05, 0) is 29.3 Å². The van der Waals surface area contributed by atoms with E-state index in [2.05, 4.69) is 33.0 Å². The number of rotatable bonds is 2. The number of fused-ring (bicyclic) bond motifs is 2. The first kappa shape index (κ1) is 16.2. The van der Waals surface area contributed by atoms with Crippen molar-refractivity contribution in [3.8, 4) is 11.5 Å². The Bertz CT molecular complexity index is 1040. The van der Waals surface area contributed by atoms with Crippen LogP contribution in [0.2, 0.25) is 5.02 Å². The molecule has 3 heterocycles. The Hall–Kier alpha value is -2.99. The first-order chi connectivity index (χ1) is 13.2. The zero-order valence-electron chi connectivity index (χ0n) is 14.5. The lowest BCUT2D eigenvalue weighted by Crippen LogP contribution is -2.41. The molecule has 2 atom stereocenters. The van der Waals surface area contributed by atoms with Crippen LogP contribution in [0.15, 0.2) is 47.8 Å². The van der Waals surface area contributed by atoms with Crippen LogP contribution < -0.4 is 15.4 Å². The first-order valence-corrected chi connectivity index (χ1v) is 9.06. The van der Waals surface area contributed by atoms with Crippen LogP contribution in [0.5, 0.6) is 11.5 Å². The first-order valence-electron chi connectivity index (χ1n) is 8.68. The molecule has 6 nitrogen and oxygen atoms in total. The minimum Gasteiger partial charge on any atom is -0.503 e. The van der Waals surface area contributed by atoms with Crippen LogP contribution in [0.4, 0.5) is 0 Å². The molecular weight excluding hydrogens is 364 g/mol. The maximum absolute atomic E-state index is 10.1. The topological polar surface area (TPSA) is 79.3 Å². The van der Waals surface area contributed by atoms with Crippen LogP contribution in [0.3, 0.4) is 0 Å². The lowest BCUT2D eigenvalue weighted by molar-refractivity contribution is 0.372. The molecule has 0 saturated carbocycles. The minimum absolute atomic E-state index is 0.0358. The molecule has 7 heteroatoms. The number of aromatic nitrogens is 2. The molecule has 3 N–H and O–H groups in total. The molecular formula is C20H17ClN4O2. The second kappa shape index (κ2) is 6.03. The summed E-state index contributed by atoms with van der Waals surface area (Å²) in [6.45, 7) is 0.692. The van der Waals surface area contributed by atoms with Crippen molar-refractivity contribution in [1.29, 1.82) is 0 Å². The van der Waals surface area contributed by atoms with Crippen LogP contribution in [0.25, 0.3) is 11.8 Å². The molecule has 27 heavy (non-hydrogen) atoms. The molecule has 0 saturated heterocycles. The molecule has 136 valence electrons. The van der Waals surface area contributed by atoms with Crippen LogP contribution in [0.1, 0.15) is 22.7 Å². The SMILES string of the molecule is COc1cc(C2CNC3=C4C(=CNC42)C=Cc2ccnnc23)cc(Cl)c1O. The van der Waals surface area contributed by atoms with Gasteiger partial charge in [-0.2, -0.15) is 5.10 Å². The predicted octanol–water partition coefficient (Wildman–Crippen LogP) is 2.82. The number of benzene rings is 1. The van der Waals surface area contributed by atoms with Crippen molar-refractivity contribution in [2.75, 3.05) is 13.7 Å². The maximum atomic E-state index is 10.1. The number of phenolic OH excluding ortho intramolecular Hbond substituents is 1. The summed E-state index contributed by atoms with van der Waals surface area (Å²) >= 11 is 6.22. The van der Waals surface area contributed by atoms with Gasteiger partial charge in [0.1, 0.15) is 5.69 Å². The Morgan fingerprint density at radius 2 is 2.19 bits per heavy atom. The average Bonchev–Trinajstić information content (AvgIpc) is 3.04. The molecule has 0 amide bonds. The third-order valence-electron chi connectivity index (χ3n) is 5.34. The Labute approximate surface area is 161 Å². The van der Waals surface area contributed by atoms with Crippen LogP contribution in [-0.2, 0) is 0 Å². The molecule has 2 aliphatic heterocycles. The van der Waals surface area contributed by atoms with Crippen molar-refractivity contribution in [1.82, 2.24) is 20.8 Å². The standard InChI is InChI=1S/C20H17ClN4O2/c1-27-15-7-12(6-14(21)20(15)26)13-9-23-19-16-11(8-22-18(13)16)3-2-10-4-5-24-25-17(10)19/h2-8,13,18,22-23,26H,9H2,1H3. The number of halogens is 1. The van der Waals surface area contributed by atoms with Gasteiger partial charge in [0.05, 0.1) is 30.1 Å². The number of hydrogen-bond acceptors (Lipinski definition) is 6. The molecule has 3 aliphatic rings.